The summed E-state index contributed by atoms with van der Waals surface area (Å²) in [7, 11) is 0. The first-order chi connectivity index (χ1) is 18.6. The minimum Gasteiger partial charge on any atom is -0.378 e. The number of alkyl halides is 5. The fourth-order valence-corrected chi connectivity index (χ4v) is 3.69. The molecule has 4 rings (SSSR count). The molecular weight excluding hydrogens is 570 g/mol. The second-order valence-electron chi connectivity index (χ2n) is 8.09. The SMILES string of the molecule is Cl.NCCOCCNC(=O)c1ccc(Nc2nccn3c(-c4cn(CC(F)F)nc4C(F)(F)F)cnc23)cc1F. The summed E-state index contributed by atoms with van der Waals surface area (Å²) in [5, 5.41) is 8.63. The fourth-order valence-electron chi connectivity index (χ4n) is 3.69. The number of fused-ring (bicyclic) bond motifs is 1. The number of ether oxygens (including phenoxy) is 1. The first-order valence-electron chi connectivity index (χ1n) is 11.5. The number of anilines is 2. The van der Waals surface area contributed by atoms with Crippen molar-refractivity contribution in [3.05, 3.63) is 60.1 Å². The molecule has 1 aromatic carbocycles. The molecule has 4 aromatic rings. The van der Waals surface area contributed by atoms with Crippen molar-refractivity contribution >= 4 is 35.5 Å². The smallest absolute Gasteiger partial charge is 0.378 e. The van der Waals surface area contributed by atoms with Crippen molar-refractivity contribution in [1.82, 2.24) is 29.5 Å². The Morgan fingerprint density at radius 2 is 1.95 bits per heavy atom. The van der Waals surface area contributed by atoms with Gasteiger partial charge < -0.3 is 21.1 Å². The van der Waals surface area contributed by atoms with Crippen molar-refractivity contribution < 1.29 is 35.9 Å². The van der Waals surface area contributed by atoms with Gasteiger partial charge in [0.25, 0.3) is 12.3 Å². The lowest BCUT2D eigenvalue weighted by molar-refractivity contribution is -0.141. The first kappa shape index (κ1) is 30.6. The summed E-state index contributed by atoms with van der Waals surface area (Å²) in [6, 6.07) is 3.71. The lowest BCUT2D eigenvalue weighted by atomic mass is 10.1. The van der Waals surface area contributed by atoms with Crippen molar-refractivity contribution in [3.63, 3.8) is 0 Å². The van der Waals surface area contributed by atoms with E-state index in [1.54, 1.807) is 0 Å². The Hall–Kier alpha value is -3.89. The van der Waals surface area contributed by atoms with E-state index in [9.17, 15) is 31.1 Å². The average molecular weight is 593 g/mol. The predicted molar refractivity (Wildman–Crippen MR) is 134 cm³/mol. The van der Waals surface area contributed by atoms with Crippen LogP contribution in [-0.2, 0) is 17.5 Å². The van der Waals surface area contributed by atoms with Gasteiger partial charge in [0.1, 0.15) is 12.4 Å². The number of benzene rings is 1. The van der Waals surface area contributed by atoms with Crippen molar-refractivity contribution in [2.45, 2.75) is 19.1 Å². The molecule has 3 heterocycles. The number of imidazole rings is 1. The molecule has 0 bridgehead atoms. The van der Waals surface area contributed by atoms with Crippen LogP contribution in [0.1, 0.15) is 16.1 Å². The molecule has 0 aliphatic rings. The van der Waals surface area contributed by atoms with E-state index in [1.165, 1.54) is 28.9 Å². The number of aromatic nitrogens is 5. The molecular formula is C23H23ClF6N8O2. The van der Waals surface area contributed by atoms with Gasteiger partial charge in [-0.1, -0.05) is 0 Å². The Kier molecular flexibility index (Phi) is 9.94. The van der Waals surface area contributed by atoms with Gasteiger partial charge in [0.15, 0.2) is 17.2 Å². The number of nitrogens with two attached hydrogens (primary N) is 1. The first-order valence-corrected chi connectivity index (χ1v) is 11.5. The molecule has 216 valence electrons. The van der Waals surface area contributed by atoms with E-state index >= 15 is 0 Å². The molecule has 0 fully saturated rings. The van der Waals surface area contributed by atoms with Gasteiger partial charge in [-0.25, -0.2) is 23.1 Å². The van der Waals surface area contributed by atoms with Crippen LogP contribution in [0.5, 0.6) is 0 Å². The van der Waals surface area contributed by atoms with Crippen LogP contribution in [0.3, 0.4) is 0 Å². The minimum atomic E-state index is -4.91. The summed E-state index contributed by atoms with van der Waals surface area (Å²) in [4.78, 5) is 20.5. The molecule has 3 aromatic heterocycles. The van der Waals surface area contributed by atoms with Crippen molar-refractivity contribution in [1.29, 1.82) is 0 Å². The van der Waals surface area contributed by atoms with E-state index < -0.39 is 42.1 Å². The van der Waals surface area contributed by atoms with E-state index in [4.69, 9.17) is 10.5 Å². The van der Waals surface area contributed by atoms with E-state index in [1.807, 2.05) is 0 Å². The summed E-state index contributed by atoms with van der Waals surface area (Å²) < 4.78 is 88.0. The Morgan fingerprint density at radius 3 is 2.62 bits per heavy atom. The summed E-state index contributed by atoms with van der Waals surface area (Å²) in [5.74, 6) is -1.43. The molecule has 0 saturated heterocycles. The Balaban J connectivity index is 0.00000441. The second kappa shape index (κ2) is 13.0. The van der Waals surface area contributed by atoms with Crippen LogP contribution >= 0.6 is 12.4 Å². The molecule has 0 saturated carbocycles. The van der Waals surface area contributed by atoms with Gasteiger partial charge in [-0.15, -0.1) is 12.4 Å². The summed E-state index contributed by atoms with van der Waals surface area (Å²) in [6.45, 7) is 0.0124. The third kappa shape index (κ3) is 7.00. The van der Waals surface area contributed by atoms with Gasteiger partial charge in [0.05, 0.1) is 36.2 Å². The van der Waals surface area contributed by atoms with Crippen molar-refractivity contribution in [2.24, 2.45) is 5.73 Å². The molecule has 0 aliphatic heterocycles. The largest absolute Gasteiger partial charge is 0.435 e. The minimum absolute atomic E-state index is 0. The van der Waals surface area contributed by atoms with Crippen LogP contribution in [0.15, 0.2) is 43.0 Å². The highest BCUT2D eigenvalue weighted by atomic mass is 35.5. The number of amides is 1. The topological polar surface area (TPSA) is 124 Å². The number of halogens is 7. The Bertz CT molecular complexity index is 1460. The van der Waals surface area contributed by atoms with Crippen LogP contribution in [0.25, 0.3) is 16.9 Å². The molecule has 17 heteroatoms. The monoisotopic (exact) mass is 592 g/mol. The lowest BCUT2D eigenvalue weighted by Gasteiger charge is -2.10. The number of carbonyl (C=O) groups is 1. The van der Waals surface area contributed by atoms with Gasteiger partial charge in [-0.2, -0.15) is 18.3 Å². The number of rotatable bonds is 11. The van der Waals surface area contributed by atoms with Gasteiger partial charge in [-0.3, -0.25) is 13.9 Å². The quantitative estimate of drug-likeness (QED) is 0.178. The standard InChI is InChI=1S/C23H22F6N8O2.ClH/c24-16-9-13(1-2-14(16)22(38)32-5-8-39-7-3-30)34-20-21-33-10-17(37(21)6-4-31-20)15-11-36(12-18(25)26)35-19(15)23(27,28)29;/h1-2,4,6,9-11,18H,3,5,7-8,12,30H2,(H,31,34)(H,32,38);1H. The number of hydrogen-bond acceptors (Lipinski definition) is 7. The summed E-state index contributed by atoms with van der Waals surface area (Å²) in [5.41, 5.74) is 3.46. The molecule has 4 N–H and O–H groups in total. The zero-order valence-electron chi connectivity index (χ0n) is 20.5. The van der Waals surface area contributed by atoms with E-state index in [2.05, 4.69) is 25.7 Å². The highest BCUT2D eigenvalue weighted by Gasteiger charge is 2.38. The van der Waals surface area contributed by atoms with Gasteiger partial charge in [0.2, 0.25) is 0 Å². The molecule has 1 amide bonds. The molecule has 40 heavy (non-hydrogen) atoms. The number of nitrogens with one attached hydrogen (secondary N) is 2. The summed E-state index contributed by atoms with van der Waals surface area (Å²) in [6.07, 6.45) is -3.23. The van der Waals surface area contributed by atoms with Gasteiger partial charge >= 0.3 is 6.18 Å². The van der Waals surface area contributed by atoms with E-state index in [0.29, 0.717) is 17.8 Å². The average Bonchev–Trinajstić information content (AvgIpc) is 3.48. The third-order valence-corrected chi connectivity index (χ3v) is 5.33. The van der Waals surface area contributed by atoms with Gasteiger partial charge in [-0.05, 0) is 18.2 Å². The zero-order valence-corrected chi connectivity index (χ0v) is 21.3. The van der Waals surface area contributed by atoms with Crippen LogP contribution < -0.4 is 16.4 Å². The number of hydrogen-bond donors (Lipinski definition) is 3. The van der Waals surface area contributed by atoms with Crippen molar-refractivity contribution in [3.8, 4) is 11.3 Å². The number of carbonyl (C=O) groups excluding carboxylic acids is 1. The molecule has 10 nitrogen and oxygen atoms in total. The Labute approximate surface area is 228 Å². The highest BCUT2D eigenvalue weighted by molar-refractivity contribution is 5.95. The predicted octanol–water partition coefficient (Wildman–Crippen LogP) is 3.89. The van der Waals surface area contributed by atoms with Crippen LogP contribution in [-0.4, -0.2) is 62.8 Å². The maximum Gasteiger partial charge on any atom is 0.435 e. The molecule has 0 unspecified atom stereocenters. The molecule has 0 aliphatic carbocycles. The fraction of sp³-hybridized carbons (Fsp3) is 0.304. The van der Waals surface area contributed by atoms with Crippen LogP contribution in [0.2, 0.25) is 0 Å². The highest BCUT2D eigenvalue weighted by Crippen LogP contribution is 2.37. The van der Waals surface area contributed by atoms with Crippen LogP contribution in [0.4, 0.5) is 37.8 Å². The van der Waals surface area contributed by atoms with Gasteiger partial charge in [0, 0.05) is 37.4 Å². The lowest BCUT2D eigenvalue weighted by Crippen LogP contribution is -2.28. The van der Waals surface area contributed by atoms with Crippen molar-refractivity contribution in [2.75, 3.05) is 31.6 Å². The van der Waals surface area contributed by atoms with E-state index in [-0.39, 0.29) is 54.0 Å². The number of nitrogens with zero attached hydrogens (tertiary/aromatic N) is 5. The van der Waals surface area contributed by atoms with Crippen LogP contribution in [0, 0.1) is 5.82 Å². The molecule has 0 radical (unpaired) electrons. The maximum absolute atomic E-state index is 14.7. The second-order valence-corrected chi connectivity index (χ2v) is 8.09. The Morgan fingerprint density at radius 1 is 1.18 bits per heavy atom. The molecule has 0 atom stereocenters. The third-order valence-electron chi connectivity index (χ3n) is 5.33. The maximum atomic E-state index is 14.7. The molecule has 0 spiro atoms. The normalized spacial score (nSPS) is 11.6. The van der Waals surface area contributed by atoms with E-state index in [0.717, 1.165) is 18.5 Å². The zero-order chi connectivity index (χ0) is 28.2. The summed E-state index contributed by atoms with van der Waals surface area (Å²) >= 11 is 0.